The summed E-state index contributed by atoms with van der Waals surface area (Å²) in [6.45, 7) is 0. The molecule has 0 unspecified atom stereocenters. The second-order valence-electron chi connectivity index (χ2n) is 4.36. The molecule has 0 saturated carbocycles. The third-order valence-corrected chi connectivity index (χ3v) is 3.44. The van der Waals surface area contributed by atoms with Gasteiger partial charge in [-0.3, -0.25) is 4.79 Å². The third kappa shape index (κ3) is 4.22. The lowest BCUT2D eigenvalue weighted by atomic mass is 10.1. The second-order valence-corrected chi connectivity index (χ2v) is 5.71. The Kier molecular flexibility index (Phi) is 5.41. The first-order valence-corrected chi connectivity index (χ1v) is 7.52. The average Bonchev–Trinajstić information content (AvgIpc) is 2.45. The van der Waals surface area contributed by atoms with E-state index >= 15 is 0 Å². The fourth-order valence-electron chi connectivity index (χ4n) is 1.84. The molecule has 0 spiro atoms. The van der Waals surface area contributed by atoms with Crippen molar-refractivity contribution in [1.82, 2.24) is 5.32 Å². The molecule has 0 saturated heterocycles. The van der Waals surface area contributed by atoms with Crippen LogP contribution in [0.1, 0.15) is 10.4 Å². The van der Waals surface area contributed by atoms with E-state index in [0.717, 1.165) is 4.47 Å². The van der Waals surface area contributed by atoms with E-state index in [-0.39, 0.29) is 5.91 Å². The van der Waals surface area contributed by atoms with Gasteiger partial charge in [-0.15, -0.1) is 0 Å². The van der Waals surface area contributed by atoms with Gasteiger partial charge in [0, 0.05) is 22.2 Å². The van der Waals surface area contributed by atoms with Crippen molar-refractivity contribution in [3.8, 4) is 0 Å². The van der Waals surface area contributed by atoms with Crippen molar-refractivity contribution < 1.29 is 9.59 Å². The molecule has 0 bridgehead atoms. The Balaban J connectivity index is 2.14. The molecule has 2 aromatic carbocycles. The molecular formula is C15H13BrClN3O2. The minimum atomic E-state index is -0.467. The topological polar surface area (TPSA) is 70.2 Å². The molecule has 0 fully saturated rings. The molecule has 0 atom stereocenters. The summed E-state index contributed by atoms with van der Waals surface area (Å²) in [5, 5.41) is 8.32. The average molecular weight is 383 g/mol. The van der Waals surface area contributed by atoms with Gasteiger partial charge < -0.3 is 16.0 Å². The van der Waals surface area contributed by atoms with Crippen LogP contribution in [-0.2, 0) is 0 Å². The highest BCUT2D eigenvalue weighted by Crippen LogP contribution is 2.23. The highest BCUT2D eigenvalue weighted by atomic mass is 79.9. The van der Waals surface area contributed by atoms with Crippen LogP contribution in [0.2, 0.25) is 5.02 Å². The predicted molar refractivity (Wildman–Crippen MR) is 91.6 cm³/mol. The Bertz CT molecular complexity index is 701. The van der Waals surface area contributed by atoms with Gasteiger partial charge in [-0.1, -0.05) is 39.7 Å². The molecular weight excluding hydrogens is 370 g/mol. The summed E-state index contributed by atoms with van der Waals surface area (Å²) in [6, 6.07) is 11.3. The van der Waals surface area contributed by atoms with Gasteiger partial charge in [0.15, 0.2) is 0 Å². The summed E-state index contributed by atoms with van der Waals surface area (Å²) in [5.74, 6) is -0.276. The quantitative estimate of drug-likeness (QED) is 0.748. The Labute approximate surface area is 141 Å². The van der Waals surface area contributed by atoms with Crippen LogP contribution in [0, 0.1) is 0 Å². The number of carbonyl (C=O) groups excluding carboxylic acids is 2. The molecule has 0 aliphatic carbocycles. The van der Waals surface area contributed by atoms with Crippen LogP contribution in [0.4, 0.5) is 16.2 Å². The Hall–Kier alpha value is -2.05. The number of urea groups is 1. The van der Waals surface area contributed by atoms with E-state index in [4.69, 9.17) is 11.6 Å². The van der Waals surface area contributed by atoms with E-state index in [1.807, 2.05) is 0 Å². The summed E-state index contributed by atoms with van der Waals surface area (Å²) in [7, 11) is 1.53. The predicted octanol–water partition coefficient (Wildman–Crippen LogP) is 4.11. The Morgan fingerprint density at radius 2 is 1.82 bits per heavy atom. The number of rotatable bonds is 3. The maximum atomic E-state index is 12.1. The van der Waals surface area contributed by atoms with Crippen molar-refractivity contribution in [2.45, 2.75) is 0 Å². The largest absolute Gasteiger partial charge is 0.355 e. The SMILES string of the molecule is CNC(=O)c1ccccc1NC(=O)Nc1cc(Cl)cc(Br)c1. The third-order valence-electron chi connectivity index (χ3n) is 2.77. The highest BCUT2D eigenvalue weighted by molar-refractivity contribution is 9.10. The van der Waals surface area contributed by atoms with Gasteiger partial charge in [-0.2, -0.15) is 0 Å². The number of para-hydroxylation sites is 1. The lowest BCUT2D eigenvalue weighted by Gasteiger charge is -2.11. The lowest BCUT2D eigenvalue weighted by molar-refractivity contribution is 0.0964. The van der Waals surface area contributed by atoms with E-state index in [1.165, 1.54) is 7.05 Å². The van der Waals surface area contributed by atoms with Crippen molar-refractivity contribution in [2.75, 3.05) is 17.7 Å². The van der Waals surface area contributed by atoms with Crippen LogP contribution in [0.25, 0.3) is 0 Å². The molecule has 0 radical (unpaired) electrons. The molecule has 22 heavy (non-hydrogen) atoms. The number of hydrogen-bond donors (Lipinski definition) is 3. The number of benzene rings is 2. The fraction of sp³-hybridized carbons (Fsp3) is 0.0667. The molecule has 114 valence electrons. The van der Waals surface area contributed by atoms with Gasteiger partial charge in [0.25, 0.3) is 5.91 Å². The van der Waals surface area contributed by atoms with Crippen molar-refractivity contribution in [3.63, 3.8) is 0 Å². The molecule has 2 rings (SSSR count). The van der Waals surface area contributed by atoms with E-state index in [2.05, 4.69) is 31.9 Å². The number of anilines is 2. The van der Waals surface area contributed by atoms with Crippen LogP contribution >= 0.6 is 27.5 Å². The highest BCUT2D eigenvalue weighted by Gasteiger charge is 2.12. The minimum Gasteiger partial charge on any atom is -0.355 e. The van der Waals surface area contributed by atoms with Gasteiger partial charge in [0.05, 0.1) is 11.3 Å². The van der Waals surface area contributed by atoms with Crippen LogP contribution in [0.15, 0.2) is 46.9 Å². The molecule has 3 N–H and O–H groups in total. The second kappa shape index (κ2) is 7.29. The van der Waals surface area contributed by atoms with Gasteiger partial charge in [-0.25, -0.2) is 4.79 Å². The monoisotopic (exact) mass is 381 g/mol. The Morgan fingerprint density at radius 1 is 1.09 bits per heavy atom. The van der Waals surface area contributed by atoms with E-state index < -0.39 is 6.03 Å². The first-order chi connectivity index (χ1) is 10.5. The fourth-order valence-corrected chi connectivity index (χ4v) is 2.70. The molecule has 0 aliphatic rings. The van der Waals surface area contributed by atoms with E-state index in [9.17, 15) is 9.59 Å². The van der Waals surface area contributed by atoms with Crippen LogP contribution in [0.3, 0.4) is 0 Å². The number of amides is 3. The van der Waals surface area contributed by atoms with E-state index in [1.54, 1.807) is 42.5 Å². The van der Waals surface area contributed by atoms with Crippen LogP contribution in [-0.4, -0.2) is 19.0 Å². The number of nitrogens with one attached hydrogen (secondary N) is 3. The Morgan fingerprint density at radius 3 is 2.50 bits per heavy atom. The first-order valence-electron chi connectivity index (χ1n) is 6.35. The van der Waals surface area contributed by atoms with Crippen molar-refractivity contribution in [1.29, 1.82) is 0 Å². The summed E-state index contributed by atoms with van der Waals surface area (Å²) in [6.07, 6.45) is 0. The van der Waals surface area contributed by atoms with Gasteiger partial charge in [-0.05, 0) is 30.3 Å². The van der Waals surface area contributed by atoms with Crippen molar-refractivity contribution in [2.24, 2.45) is 0 Å². The number of halogens is 2. The van der Waals surface area contributed by atoms with Crippen molar-refractivity contribution >= 4 is 50.8 Å². The minimum absolute atomic E-state index is 0.276. The maximum Gasteiger partial charge on any atom is 0.323 e. The summed E-state index contributed by atoms with van der Waals surface area (Å²) < 4.78 is 0.751. The van der Waals surface area contributed by atoms with E-state index in [0.29, 0.717) is 22.0 Å². The van der Waals surface area contributed by atoms with Gasteiger partial charge in [0.1, 0.15) is 0 Å². The molecule has 0 aliphatic heterocycles. The standard InChI is InChI=1S/C15H13BrClN3O2/c1-18-14(21)12-4-2-3-5-13(12)20-15(22)19-11-7-9(16)6-10(17)8-11/h2-8H,1H3,(H,18,21)(H2,19,20,22). The molecule has 3 amide bonds. The van der Waals surface area contributed by atoms with Gasteiger partial charge >= 0.3 is 6.03 Å². The smallest absolute Gasteiger partial charge is 0.323 e. The van der Waals surface area contributed by atoms with Crippen LogP contribution < -0.4 is 16.0 Å². The first kappa shape index (κ1) is 16.3. The number of hydrogen-bond acceptors (Lipinski definition) is 2. The van der Waals surface area contributed by atoms with Crippen LogP contribution in [0.5, 0.6) is 0 Å². The number of carbonyl (C=O) groups is 2. The zero-order valence-corrected chi connectivity index (χ0v) is 14.0. The molecule has 2 aromatic rings. The molecule has 5 nitrogen and oxygen atoms in total. The normalized spacial score (nSPS) is 9.95. The van der Waals surface area contributed by atoms with Crippen molar-refractivity contribution in [3.05, 3.63) is 57.5 Å². The molecule has 0 heterocycles. The summed E-state index contributed by atoms with van der Waals surface area (Å²) in [4.78, 5) is 23.8. The zero-order valence-electron chi connectivity index (χ0n) is 11.6. The molecule has 7 heteroatoms. The van der Waals surface area contributed by atoms with Gasteiger partial charge in [0.2, 0.25) is 0 Å². The molecule has 0 aromatic heterocycles. The summed E-state index contributed by atoms with van der Waals surface area (Å²) in [5.41, 5.74) is 1.34. The summed E-state index contributed by atoms with van der Waals surface area (Å²) >= 11 is 9.23. The maximum absolute atomic E-state index is 12.1. The zero-order chi connectivity index (χ0) is 16.1. The lowest BCUT2D eigenvalue weighted by Crippen LogP contribution is -2.24.